The second kappa shape index (κ2) is 5.82. The fourth-order valence-electron chi connectivity index (χ4n) is 2.22. The van der Waals surface area contributed by atoms with Gasteiger partial charge in [-0.25, -0.2) is 10.2 Å². The third-order valence-corrected chi connectivity index (χ3v) is 3.20. The van der Waals surface area contributed by atoms with Crippen LogP contribution in [0.5, 0.6) is 5.75 Å². The van der Waals surface area contributed by atoms with Crippen LogP contribution in [0.25, 0.3) is 0 Å². The number of nitrogens with two attached hydrogens (primary N) is 1. The van der Waals surface area contributed by atoms with E-state index in [0.717, 1.165) is 12.8 Å². The van der Waals surface area contributed by atoms with Gasteiger partial charge in [-0.2, -0.15) is 0 Å². The molecule has 2 rings (SSSR count). The van der Waals surface area contributed by atoms with Gasteiger partial charge in [0.1, 0.15) is 17.4 Å². The highest BCUT2D eigenvalue weighted by molar-refractivity contribution is 5.98. The number of nitrogens with zero attached hydrogens (tertiary/aromatic N) is 1. The van der Waals surface area contributed by atoms with Crippen LogP contribution >= 0.6 is 0 Å². The van der Waals surface area contributed by atoms with E-state index in [4.69, 9.17) is 10.6 Å². The van der Waals surface area contributed by atoms with Crippen LogP contribution in [0.3, 0.4) is 0 Å². The average Bonchev–Trinajstić information content (AvgIpc) is 2.89. The summed E-state index contributed by atoms with van der Waals surface area (Å²) in [7, 11) is 1.50. The van der Waals surface area contributed by atoms with Gasteiger partial charge in [0, 0.05) is 6.07 Å². The molecular weight excluding hydrogens is 233 g/mol. The lowest BCUT2D eigenvalue weighted by atomic mass is 10.1. The molecule has 0 aromatic heterocycles. The molecule has 1 aliphatic rings. The SMILES string of the molecule is COc1ccc(C(=NC2CCCC2)NN)c(F)c1. The summed E-state index contributed by atoms with van der Waals surface area (Å²) in [5, 5.41) is 0. The van der Waals surface area contributed by atoms with Gasteiger partial charge in [-0.1, -0.05) is 12.8 Å². The zero-order valence-electron chi connectivity index (χ0n) is 10.4. The molecule has 1 saturated carbocycles. The van der Waals surface area contributed by atoms with E-state index in [1.54, 1.807) is 12.1 Å². The zero-order chi connectivity index (χ0) is 13.0. The predicted octanol–water partition coefficient (Wildman–Crippen LogP) is 1.99. The normalized spacial score (nSPS) is 16.9. The maximum atomic E-state index is 13.9. The van der Waals surface area contributed by atoms with Crippen molar-refractivity contribution in [2.45, 2.75) is 31.7 Å². The Balaban J connectivity index is 2.26. The molecule has 3 N–H and O–H groups in total. The molecule has 0 heterocycles. The van der Waals surface area contributed by atoms with Gasteiger partial charge < -0.3 is 10.2 Å². The van der Waals surface area contributed by atoms with Crippen molar-refractivity contribution < 1.29 is 9.13 Å². The molecule has 4 nitrogen and oxygen atoms in total. The second-order valence-electron chi connectivity index (χ2n) is 4.41. The largest absolute Gasteiger partial charge is 0.497 e. The Kier molecular flexibility index (Phi) is 4.15. The van der Waals surface area contributed by atoms with Crippen molar-refractivity contribution in [1.82, 2.24) is 5.43 Å². The molecule has 1 aliphatic carbocycles. The topological polar surface area (TPSA) is 59.6 Å². The maximum Gasteiger partial charge on any atom is 0.145 e. The van der Waals surface area contributed by atoms with Crippen molar-refractivity contribution in [2.24, 2.45) is 10.8 Å². The smallest absolute Gasteiger partial charge is 0.145 e. The fourth-order valence-corrected chi connectivity index (χ4v) is 2.22. The molecule has 5 heteroatoms. The Labute approximate surface area is 106 Å². The minimum absolute atomic E-state index is 0.248. The minimum atomic E-state index is -0.385. The number of aliphatic imine (C=N–C) groups is 1. The minimum Gasteiger partial charge on any atom is -0.497 e. The molecule has 18 heavy (non-hydrogen) atoms. The Bertz CT molecular complexity index is 442. The van der Waals surface area contributed by atoms with Crippen molar-refractivity contribution in [3.8, 4) is 5.75 Å². The number of halogens is 1. The molecule has 0 spiro atoms. The van der Waals surface area contributed by atoms with Gasteiger partial charge in [0.2, 0.25) is 0 Å². The highest BCUT2D eigenvalue weighted by Gasteiger charge is 2.16. The van der Waals surface area contributed by atoms with E-state index >= 15 is 0 Å². The zero-order valence-corrected chi connectivity index (χ0v) is 10.4. The van der Waals surface area contributed by atoms with E-state index in [2.05, 4.69) is 10.4 Å². The highest BCUT2D eigenvalue weighted by Crippen LogP contribution is 2.22. The Morgan fingerprint density at radius 1 is 1.44 bits per heavy atom. The van der Waals surface area contributed by atoms with Gasteiger partial charge in [0.15, 0.2) is 0 Å². The first-order valence-corrected chi connectivity index (χ1v) is 6.13. The van der Waals surface area contributed by atoms with Gasteiger partial charge >= 0.3 is 0 Å². The van der Waals surface area contributed by atoms with E-state index in [1.807, 2.05) is 0 Å². The van der Waals surface area contributed by atoms with Crippen LogP contribution in [0.4, 0.5) is 4.39 Å². The summed E-state index contributed by atoms with van der Waals surface area (Å²) in [5.74, 6) is 5.94. The van der Waals surface area contributed by atoms with E-state index in [9.17, 15) is 4.39 Å². The lowest BCUT2D eigenvalue weighted by Crippen LogP contribution is -2.33. The number of rotatable bonds is 3. The summed E-state index contributed by atoms with van der Waals surface area (Å²) in [6.07, 6.45) is 4.44. The number of hydrogen-bond acceptors (Lipinski definition) is 3. The first-order chi connectivity index (χ1) is 8.74. The number of hydrogen-bond donors (Lipinski definition) is 2. The first-order valence-electron chi connectivity index (χ1n) is 6.13. The third-order valence-electron chi connectivity index (χ3n) is 3.20. The van der Waals surface area contributed by atoms with Crippen molar-refractivity contribution in [3.63, 3.8) is 0 Å². The molecule has 1 fully saturated rings. The molecule has 0 aliphatic heterocycles. The number of methoxy groups -OCH3 is 1. The second-order valence-corrected chi connectivity index (χ2v) is 4.41. The first kappa shape index (κ1) is 12.8. The molecule has 0 atom stereocenters. The monoisotopic (exact) mass is 251 g/mol. The number of hydrazine groups is 1. The number of ether oxygens (including phenoxy) is 1. The Hall–Kier alpha value is -1.62. The van der Waals surface area contributed by atoms with Crippen molar-refractivity contribution in [1.29, 1.82) is 0 Å². The van der Waals surface area contributed by atoms with E-state index in [0.29, 0.717) is 17.1 Å². The molecule has 1 aromatic rings. The molecule has 0 bridgehead atoms. The summed E-state index contributed by atoms with van der Waals surface area (Å²) in [6.45, 7) is 0. The number of nitrogens with one attached hydrogen (secondary N) is 1. The van der Waals surface area contributed by atoms with Gasteiger partial charge in [0.25, 0.3) is 0 Å². The predicted molar refractivity (Wildman–Crippen MR) is 69.1 cm³/mol. The quantitative estimate of drug-likeness (QED) is 0.374. The lowest BCUT2D eigenvalue weighted by Gasteiger charge is -2.11. The summed E-state index contributed by atoms with van der Waals surface area (Å²) < 4.78 is 18.9. The van der Waals surface area contributed by atoms with Crippen LogP contribution in [-0.4, -0.2) is 19.0 Å². The highest BCUT2D eigenvalue weighted by atomic mass is 19.1. The van der Waals surface area contributed by atoms with E-state index < -0.39 is 0 Å². The lowest BCUT2D eigenvalue weighted by molar-refractivity contribution is 0.411. The van der Waals surface area contributed by atoms with Crippen molar-refractivity contribution in [3.05, 3.63) is 29.6 Å². The Morgan fingerprint density at radius 2 is 2.17 bits per heavy atom. The van der Waals surface area contributed by atoms with Crippen LogP contribution in [0.15, 0.2) is 23.2 Å². The summed E-state index contributed by atoms with van der Waals surface area (Å²) in [5.41, 5.74) is 2.87. The van der Waals surface area contributed by atoms with Gasteiger partial charge in [-0.15, -0.1) is 0 Å². The Morgan fingerprint density at radius 3 is 2.72 bits per heavy atom. The number of amidine groups is 1. The van der Waals surface area contributed by atoms with Crippen LogP contribution in [0.2, 0.25) is 0 Å². The third kappa shape index (κ3) is 2.79. The van der Waals surface area contributed by atoms with Gasteiger partial charge in [-0.3, -0.25) is 4.99 Å². The van der Waals surface area contributed by atoms with E-state index in [-0.39, 0.29) is 11.9 Å². The molecule has 0 amide bonds. The maximum absolute atomic E-state index is 13.9. The number of benzene rings is 1. The molecule has 0 saturated heterocycles. The van der Waals surface area contributed by atoms with Crippen LogP contribution in [-0.2, 0) is 0 Å². The van der Waals surface area contributed by atoms with Crippen molar-refractivity contribution >= 4 is 5.84 Å². The van der Waals surface area contributed by atoms with Gasteiger partial charge in [-0.05, 0) is 25.0 Å². The summed E-state index contributed by atoms with van der Waals surface area (Å²) >= 11 is 0. The molecule has 0 unspecified atom stereocenters. The summed E-state index contributed by atoms with van der Waals surface area (Å²) in [6, 6.07) is 4.90. The molecule has 1 aromatic carbocycles. The fraction of sp³-hybridized carbons (Fsp3) is 0.462. The van der Waals surface area contributed by atoms with Crippen LogP contribution in [0, 0.1) is 5.82 Å². The van der Waals surface area contributed by atoms with E-state index in [1.165, 1.54) is 26.0 Å². The van der Waals surface area contributed by atoms with Gasteiger partial charge in [0.05, 0.1) is 18.7 Å². The average molecular weight is 251 g/mol. The van der Waals surface area contributed by atoms with Crippen LogP contribution in [0.1, 0.15) is 31.2 Å². The molecular formula is C13H18FN3O. The molecule has 0 radical (unpaired) electrons. The van der Waals surface area contributed by atoms with Crippen LogP contribution < -0.4 is 16.0 Å². The molecule has 98 valence electrons. The standard InChI is InChI=1S/C13H18FN3O/c1-18-10-6-7-11(12(14)8-10)13(17-15)16-9-4-2-3-5-9/h6-9H,2-5,15H2,1H3,(H,16,17). The summed E-state index contributed by atoms with van der Waals surface area (Å²) in [4.78, 5) is 4.48. The van der Waals surface area contributed by atoms with Crippen molar-refractivity contribution in [2.75, 3.05) is 7.11 Å².